The number of nitrogens with zero attached hydrogens (tertiary/aromatic N) is 4. The first-order valence-corrected chi connectivity index (χ1v) is 13.5. The number of hydrogen-bond donors (Lipinski definition) is 2. The van der Waals surface area contributed by atoms with Crippen molar-refractivity contribution in [1.29, 1.82) is 0 Å². The molecule has 2 aliphatic heterocycles. The zero-order valence-corrected chi connectivity index (χ0v) is 22.2. The quantitative estimate of drug-likeness (QED) is 0.456. The molecule has 200 valence electrons. The Bertz CT molecular complexity index is 1270. The minimum atomic E-state index is -0.171. The Hall–Kier alpha value is -3.88. The van der Waals surface area contributed by atoms with Gasteiger partial charge in [0, 0.05) is 49.2 Å². The number of nitrogens with one attached hydrogen (secondary N) is 2. The molecular formula is C29H36N6O3. The lowest BCUT2D eigenvalue weighted by molar-refractivity contribution is -0.128. The van der Waals surface area contributed by atoms with Crippen LogP contribution in [0.5, 0.6) is 5.75 Å². The van der Waals surface area contributed by atoms with Gasteiger partial charge in [-0.15, -0.1) is 0 Å². The Morgan fingerprint density at radius 2 is 1.87 bits per heavy atom. The SMILES string of the molecule is CC(C)c1ccc(NC(=O)NC2CCN(c3ncnc4cc(OCCN5CCCC5=O)ccc34)CC2)cc1. The van der Waals surface area contributed by atoms with Gasteiger partial charge in [0.25, 0.3) is 0 Å². The predicted octanol–water partition coefficient (Wildman–Crippen LogP) is 4.54. The standard InChI is InChI=1S/C29H36N6O3/c1-20(2)21-5-7-22(8-6-21)32-29(37)33-23-11-14-35(15-12-23)28-25-10-9-24(18-26(25)30-19-31-28)38-17-16-34-13-3-4-27(34)36/h5-10,18-20,23H,3-4,11-17H2,1-2H3,(H2,32,33,37). The van der Waals surface area contributed by atoms with E-state index in [1.165, 1.54) is 5.56 Å². The van der Waals surface area contributed by atoms with Crippen molar-refractivity contribution in [3.8, 4) is 5.75 Å². The molecule has 2 saturated heterocycles. The van der Waals surface area contributed by atoms with Crippen molar-refractivity contribution in [2.24, 2.45) is 0 Å². The zero-order chi connectivity index (χ0) is 26.5. The first-order valence-electron chi connectivity index (χ1n) is 13.5. The van der Waals surface area contributed by atoms with Gasteiger partial charge in [0.05, 0.1) is 12.1 Å². The summed E-state index contributed by atoms with van der Waals surface area (Å²) in [4.78, 5) is 37.5. The molecule has 3 aromatic rings. The van der Waals surface area contributed by atoms with Crippen LogP contribution in [0.15, 0.2) is 48.8 Å². The summed E-state index contributed by atoms with van der Waals surface area (Å²) in [5, 5.41) is 7.03. The summed E-state index contributed by atoms with van der Waals surface area (Å²) in [6.45, 7) is 7.78. The van der Waals surface area contributed by atoms with Gasteiger partial charge in [-0.25, -0.2) is 14.8 Å². The highest BCUT2D eigenvalue weighted by Crippen LogP contribution is 2.28. The van der Waals surface area contributed by atoms with E-state index in [4.69, 9.17) is 4.74 Å². The number of aromatic nitrogens is 2. The van der Waals surface area contributed by atoms with E-state index in [0.717, 1.165) is 67.1 Å². The molecule has 2 aliphatic rings. The molecule has 0 radical (unpaired) electrons. The van der Waals surface area contributed by atoms with E-state index in [1.54, 1.807) is 6.33 Å². The van der Waals surface area contributed by atoms with Crippen LogP contribution in [0.3, 0.4) is 0 Å². The lowest BCUT2D eigenvalue weighted by atomic mass is 10.0. The molecule has 38 heavy (non-hydrogen) atoms. The molecule has 0 atom stereocenters. The van der Waals surface area contributed by atoms with Gasteiger partial charge in [0.2, 0.25) is 5.91 Å². The summed E-state index contributed by atoms with van der Waals surface area (Å²) in [6, 6.07) is 13.8. The number of anilines is 2. The average molecular weight is 517 g/mol. The van der Waals surface area contributed by atoms with Gasteiger partial charge < -0.3 is 25.2 Å². The Morgan fingerprint density at radius 3 is 2.58 bits per heavy atom. The second kappa shape index (κ2) is 11.7. The number of hydrogen-bond acceptors (Lipinski definition) is 6. The topological polar surface area (TPSA) is 99.7 Å². The Labute approximate surface area is 223 Å². The van der Waals surface area contributed by atoms with Gasteiger partial charge in [-0.2, -0.15) is 0 Å². The number of piperidine rings is 1. The van der Waals surface area contributed by atoms with Crippen molar-refractivity contribution in [3.05, 3.63) is 54.4 Å². The van der Waals surface area contributed by atoms with Gasteiger partial charge >= 0.3 is 6.03 Å². The van der Waals surface area contributed by atoms with Gasteiger partial charge in [0.1, 0.15) is 24.5 Å². The summed E-state index contributed by atoms with van der Waals surface area (Å²) in [6.07, 6.45) is 4.83. The summed E-state index contributed by atoms with van der Waals surface area (Å²) in [5.41, 5.74) is 2.87. The Balaban J connectivity index is 1.13. The van der Waals surface area contributed by atoms with Gasteiger partial charge in [-0.05, 0) is 55.0 Å². The van der Waals surface area contributed by atoms with E-state index in [2.05, 4.69) is 51.5 Å². The van der Waals surface area contributed by atoms with E-state index in [1.807, 2.05) is 35.2 Å². The van der Waals surface area contributed by atoms with Crippen molar-refractivity contribution in [3.63, 3.8) is 0 Å². The molecule has 5 rings (SSSR count). The van der Waals surface area contributed by atoms with Crippen molar-refractivity contribution < 1.29 is 14.3 Å². The highest BCUT2D eigenvalue weighted by Gasteiger charge is 2.23. The van der Waals surface area contributed by atoms with Crippen LogP contribution in [-0.4, -0.2) is 65.6 Å². The Morgan fingerprint density at radius 1 is 1.08 bits per heavy atom. The maximum atomic E-state index is 12.5. The Kier molecular flexibility index (Phi) is 7.91. The van der Waals surface area contributed by atoms with Crippen LogP contribution < -0.4 is 20.3 Å². The number of carbonyl (C=O) groups is 2. The van der Waals surface area contributed by atoms with Gasteiger partial charge in [0.15, 0.2) is 0 Å². The minimum absolute atomic E-state index is 0.108. The maximum Gasteiger partial charge on any atom is 0.319 e. The third-order valence-electron chi connectivity index (χ3n) is 7.35. The molecule has 2 fully saturated rings. The highest BCUT2D eigenvalue weighted by atomic mass is 16.5. The van der Waals surface area contributed by atoms with Crippen LogP contribution in [-0.2, 0) is 4.79 Å². The number of benzene rings is 2. The smallest absolute Gasteiger partial charge is 0.319 e. The van der Waals surface area contributed by atoms with E-state index < -0.39 is 0 Å². The van der Waals surface area contributed by atoms with Crippen LogP contribution in [0.4, 0.5) is 16.3 Å². The zero-order valence-electron chi connectivity index (χ0n) is 22.2. The maximum absolute atomic E-state index is 12.5. The fourth-order valence-electron chi connectivity index (χ4n) is 5.12. The van der Waals surface area contributed by atoms with E-state index >= 15 is 0 Å². The summed E-state index contributed by atoms with van der Waals surface area (Å²) in [5.74, 6) is 2.31. The molecule has 2 N–H and O–H groups in total. The number of rotatable bonds is 8. The molecule has 3 heterocycles. The number of likely N-dealkylation sites (tertiary alicyclic amines) is 1. The van der Waals surface area contributed by atoms with Gasteiger partial charge in [-0.3, -0.25) is 4.79 Å². The fourth-order valence-corrected chi connectivity index (χ4v) is 5.12. The van der Waals surface area contributed by atoms with E-state index in [9.17, 15) is 9.59 Å². The molecule has 0 aliphatic carbocycles. The monoisotopic (exact) mass is 516 g/mol. The number of fused-ring (bicyclic) bond motifs is 1. The first-order chi connectivity index (χ1) is 18.5. The molecule has 9 nitrogen and oxygen atoms in total. The second-order valence-electron chi connectivity index (χ2n) is 10.3. The summed E-state index contributed by atoms with van der Waals surface area (Å²) < 4.78 is 5.91. The molecule has 1 aromatic heterocycles. The van der Waals surface area contributed by atoms with Crippen molar-refractivity contribution in [2.75, 3.05) is 43.0 Å². The van der Waals surface area contributed by atoms with Crippen LogP contribution in [0.2, 0.25) is 0 Å². The number of urea groups is 1. The molecular weight excluding hydrogens is 480 g/mol. The number of carbonyl (C=O) groups excluding carboxylic acids is 2. The summed E-state index contributed by atoms with van der Waals surface area (Å²) >= 11 is 0. The average Bonchev–Trinajstić information content (AvgIpc) is 3.33. The van der Waals surface area contributed by atoms with Gasteiger partial charge in [-0.1, -0.05) is 26.0 Å². The second-order valence-corrected chi connectivity index (χ2v) is 10.3. The van der Waals surface area contributed by atoms with Crippen LogP contribution in [0, 0.1) is 0 Å². The summed E-state index contributed by atoms with van der Waals surface area (Å²) in [7, 11) is 0. The lowest BCUT2D eigenvalue weighted by Crippen LogP contribution is -2.46. The van der Waals surface area contributed by atoms with E-state index in [0.29, 0.717) is 25.5 Å². The third kappa shape index (κ3) is 6.15. The predicted molar refractivity (Wildman–Crippen MR) is 149 cm³/mol. The molecule has 0 saturated carbocycles. The lowest BCUT2D eigenvalue weighted by Gasteiger charge is -2.33. The van der Waals surface area contributed by atoms with Crippen LogP contribution in [0.1, 0.15) is 51.0 Å². The molecule has 3 amide bonds. The minimum Gasteiger partial charge on any atom is -0.492 e. The molecule has 0 spiro atoms. The van der Waals surface area contributed by atoms with Crippen molar-refractivity contribution in [2.45, 2.75) is 51.5 Å². The molecule has 2 aromatic carbocycles. The van der Waals surface area contributed by atoms with Crippen molar-refractivity contribution in [1.82, 2.24) is 20.2 Å². The largest absolute Gasteiger partial charge is 0.492 e. The highest BCUT2D eigenvalue weighted by molar-refractivity contribution is 5.91. The van der Waals surface area contributed by atoms with Crippen molar-refractivity contribution >= 4 is 34.3 Å². The third-order valence-corrected chi connectivity index (χ3v) is 7.35. The number of ether oxygens (including phenoxy) is 1. The number of amides is 3. The van der Waals surface area contributed by atoms with Crippen LogP contribution >= 0.6 is 0 Å². The molecule has 9 heteroatoms. The fraction of sp³-hybridized carbons (Fsp3) is 0.448. The normalized spacial score (nSPS) is 16.3. The molecule has 0 bridgehead atoms. The first kappa shape index (κ1) is 25.8. The molecule has 0 unspecified atom stereocenters. The van der Waals surface area contributed by atoms with E-state index in [-0.39, 0.29) is 18.0 Å². The van der Waals surface area contributed by atoms with Crippen LogP contribution in [0.25, 0.3) is 10.9 Å².